The zero-order valence-electron chi connectivity index (χ0n) is 9.63. The molecule has 0 radical (unpaired) electrons. The summed E-state index contributed by atoms with van der Waals surface area (Å²) in [5.41, 5.74) is 1.19. The average molecular weight is 271 g/mol. The van der Waals surface area contributed by atoms with Crippen LogP contribution in [0.4, 0.5) is 5.69 Å². The molecule has 1 heterocycles. The molecule has 2 nitrogen and oxygen atoms in total. The molecule has 17 heavy (non-hydrogen) atoms. The Bertz CT molecular complexity index is 418. The Morgan fingerprint density at radius 1 is 1.18 bits per heavy atom. The smallest absolute Gasteiger partial charge is 0.0612 e. The largest absolute Gasteiger partial charge is 0.369 e. The number of halogens is 2. The number of rotatable bonds is 2. The molecule has 1 aromatic rings. The SMILES string of the molecule is Clc1ccc(N2CCNC(C3CC3)C2)cc1Cl. The lowest BCUT2D eigenvalue weighted by Gasteiger charge is -2.35. The van der Waals surface area contributed by atoms with Crippen molar-refractivity contribution in [1.82, 2.24) is 5.32 Å². The summed E-state index contributed by atoms with van der Waals surface area (Å²) < 4.78 is 0. The highest BCUT2D eigenvalue weighted by Crippen LogP contribution is 2.35. The van der Waals surface area contributed by atoms with Crippen LogP contribution in [0.15, 0.2) is 18.2 Å². The molecule has 4 heteroatoms. The summed E-state index contributed by atoms with van der Waals surface area (Å²) in [5.74, 6) is 0.889. The number of piperazine rings is 1. The first-order valence-electron chi connectivity index (χ1n) is 6.17. The van der Waals surface area contributed by atoms with Gasteiger partial charge in [0.2, 0.25) is 0 Å². The van der Waals surface area contributed by atoms with Gasteiger partial charge in [-0.1, -0.05) is 23.2 Å². The predicted molar refractivity (Wildman–Crippen MR) is 73.2 cm³/mol. The minimum absolute atomic E-state index is 0.629. The molecule has 2 fully saturated rings. The first-order valence-corrected chi connectivity index (χ1v) is 6.93. The Labute approximate surface area is 112 Å². The number of hydrogen-bond acceptors (Lipinski definition) is 2. The Hall–Kier alpha value is -0.440. The minimum atomic E-state index is 0.629. The summed E-state index contributed by atoms with van der Waals surface area (Å²) in [6.45, 7) is 3.19. The highest BCUT2D eigenvalue weighted by molar-refractivity contribution is 6.42. The molecular formula is C13H16Cl2N2. The summed E-state index contributed by atoms with van der Waals surface area (Å²) in [4.78, 5) is 2.40. The van der Waals surface area contributed by atoms with Gasteiger partial charge in [-0.05, 0) is 37.0 Å². The van der Waals surface area contributed by atoms with Crippen molar-refractivity contribution in [2.24, 2.45) is 5.92 Å². The molecule has 0 bridgehead atoms. The van der Waals surface area contributed by atoms with Crippen molar-refractivity contribution in [3.63, 3.8) is 0 Å². The maximum atomic E-state index is 6.07. The molecular weight excluding hydrogens is 255 g/mol. The zero-order valence-corrected chi connectivity index (χ0v) is 11.1. The van der Waals surface area contributed by atoms with Gasteiger partial charge in [0.1, 0.15) is 0 Å². The van der Waals surface area contributed by atoms with Crippen molar-refractivity contribution in [3.05, 3.63) is 28.2 Å². The third-order valence-electron chi connectivity index (χ3n) is 3.66. The second-order valence-electron chi connectivity index (χ2n) is 4.94. The van der Waals surface area contributed by atoms with Gasteiger partial charge in [0.05, 0.1) is 10.0 Å². The van der Waals surface area contributed by atoms with Crippen LogP contribution in [-0.4, -0.2) is 25.7 Å². The highest BCUT2D eigenvalue weighted by Gasteiger charge is 2.34. The molecule has 1 aromatic carbocycles. The van der Waals surface area contributed by atoms with Crippen LogP contribution in [-0.2, 0) is 0 Å². The fraction of sp³-hybridized carbons (Fsp3) is 0.538. The first kappa shape index (κ1) is 11.6. The van der Waals surface area contributed by atoms with Crippen LogP contribution >= 0.6 is 23.2 Å². The maximum Gasteiger partial charge on any atom is 0.0612 e. The normalized spacial score (nSPS) is 25.1. The Balaban J connectivity index is 1.75. The molecule has 2 aliphatic rings. The predicted octanol–water partition coefficient (Wildman–Crippen LogP) is 3.18. The van der Waals surface area contributed by atoms with Crippen molar-refractivity contribution in [3.8, 4) is 0 Å². The number of nitrogens with one attached hydrogen (secondary N) is 1. The molecule has 0 spiro atoms. The second kappa shape index (κ2) is 4.68. The summed E-state index contributed by atoms with van der Waals surface area (Å²) >= 11 is 12.0. The standard InChI is InChI=1S/C13H16Cl2N2/c14-11-4-3-10(7-12(11)15)17-6-5-16-13(8-17)9-1-2-9/h3-4,7,9,13,16H,1-2,5-6,8H2. The van der Waals surface area contributed by atoms with Gasteiger partial charge < -0.3 is 10.2 Å². The summed E-state index contributed by atoms with van der Waals surface area (Å²) in [6.07, 6.45) is 2.76. The zero-order chi connectivity index (χ0) is 11.8. The number of benzene rings is 1. The van der Waals surface area contributed by atoms with Crippen molar-refractivity contribution >= 4 is 28.9 Å². The summed E-state index contributed by atoms with van der Waals surface area (Å²) in [5, 5.41) is 4.88. The Morgan fingerprint density at radius 2 is 2.00 bits per heavy atom. The summed E-state index contributed by atoms with van der Waals surface area (Å²) in [6, 6.07) is 6.56. The molecule has 1 aliphatic carbocycles. The summed E-state index contributed by atoms with van der Waals surface area (Å²) in [7, 11) is 0. The van der Waals surface area contributed by atoms with E-state index in [4.69, 9.17) is 23.2 Å². The topological polar surface area (TPSA) is 15.3 Å². The third-order valence-corrected chi connectivity index (χ3v) is 4.40. The van der Waals surface area contributed by atoms with Crippen LogP contribution < -0.4 is 10.2 Å². The van der Waals surface area contributed by atoms with Crippen LogP contribution in [0.3, 0.4) is 0 Å². The number of anilines is 1. The van der Waals surface area contributed by atoms with E-state index in [1.54, 1.807) is 0 Å². The monoisotopic (exact) mass is 270 g/mol. The molecule has 0 amide bonds. The van der Waals surface area contributed by atoms with Gasteiger partial charge in [0.15, 0.2) is 0 Å². The molecule has 92 valence electrons. The number of hydrogen-bond donors (Lipinski definition) is 1. The molecule has 0 aromatic heterocycles. The van der Waals surface area contributed by atoms with E-state index in [1.165, 1.54) is 18.5 Å². The van der Waals surface area contributed by atoms with Crippen LogP contribution in [0.1, 0.15) is 12.8 Å². The fourth-order valence-corrected chi connectivity index (χ4v) is 2.80. The van der Waals surface area contributed by atoms with Gasteiger partial charge in [-0.3, -0.25) is 0 Å². The van der Waals surface area contributed by atoms with E-state index in [0.717, 1.165) is 25.6 Å². The van der Waals surface area contributed by atoms with E-state index in [2.05, 4.69) is 16.3 Å². The third kappa shape index (κ3) is 2.54. The molecule has 1 saturated heterocycles. The molecule has 1 aliphatic heterocycles. The highest BCUT2D eigenvalue weighted by atomic mass is 35.5. The van der Waals surface area contributed by atoms with E-state index < -0.39 is 0 Å². The second-order valence-corrected chi connectivity index (χ2v) is 5.76. The van der Waals surface area contributed by atoms with Gasteiger partial charge in [-0.25, -0.2) is 0 Å². The number of nitrogens with zero attached hydrogens (tertiary/aromatic N) is 1. The van der Waals surface area contributed by atoms with Crippen molar-refractivity contribution in [1.29, 1.82) is 0 Å². The van der Waals surface area contributed by atoms with Gasteiger partial charge >= 0.3 is 0 Å². The van der Waals surface area contributed by atoms with Crippen molar-refractivity contribution in [2.45, 2.75) is 18.9 Å². The lowest BCUT2D eigenvalue weighted by Crippen LogP contribution is -2.51. The van der Waals surface area contributed by atoms with Crippen LogP contribution in [0, 0.1) is 5.92 Å². The van der Waals surface area contributed by atoms with E-state index in [1.807, 2.05) is 12.1 Å². The molecule has 1 N–H and O–H groups in total. The van der Waals surface area contributed by atoms with Crippen molar-refractivity contribution < 1.29 is 0 Å². The van der Waals surface area contributed by atoms with E-state index in [-0.39, 0.29) is 0 Å². The fourth-order valence-electron chi connectivity index (χ4n) is 2.51. The molecule has 1 saturated carbocycles. The van der Waals surface area contributed by atoms with Gasteiger partial charge in [-0.15, -0.1) is 0 Å². The van der Waals surface area contributed by atoms with Gasteiger partial charge in [0.25, 0.3) is 0 Å². The van der Waals surface area contributed by atoms with Gasteiger partial charge in [0, 0.05) is 31.4 Å². The Kier molecular flexibility index (Phi) is 3.20. The Morgan fingerprint density at radius 3 is 2.71 bits per heavy atom. The van der Waals surface area contributed by atoms with Crippen LogP contribution in [0.2, 0.25) is 10.0 Å². The van der Waals surface area contributed by atoms with E-state index in [0.29, 0.717) is 16.1 Å². The minimum Gasteiger partial charge on any atom is -0.369 e. The molecule has 1 unspecified atom stereocenters. The average Bonchev–Trinajstić information content (AvgIpc) is 3.17. The molecule has 1 atom stereocenters. The van der Waals surface area contributed by atoms with Crippen molar-refractivity contribution in [2.75, 3.05) is 24.5 Å². The lowest BCUT2D eigenvalue weighted by molar-refractivity contribution is 0.419. The quantitative estimate of drug-likeness (QED) is 0.888. The van der Waals surface area contributed by atoms with Gasteiger partial charge in [-0.2, -0.15) is 0 Å². The van der Waals surface area contributed by atoms with E-state index >= 15 is 0 Å². The maximum absolute atomic E-state index is 6.07. The van der Waals surface area contributed by atoms with Crippen LogP contribution in [0.25, 0.3) is 0 Å². The first-order chi connectivity index (χ1) is 8.24. The lowest BCUT2D eigenvalue weighted by atomic mass is 10.1. The van der Waals surface area contributed by atoms with E-state index in [9.17, 15) is 0 Å². The molecule has 3 rings (SSSR count). The van der Waals surface area contributed by atoms with Crippen LogP contribution in [0.5, 0.6) is 0 Å².